The maximum atomic E-state index is 14.6. The zero-order chi connectivity index (χ0) is 28.4. The largest absolute Gasteiger partial charge is 0.332 e. The minimum absolute atomic E-state index is 0.192. The number of anilines is 1. The summed E-state index contributed by atoms with van der Waals surface area (Å²) in [7, 11) is -4.06. The van der Waals surface area contributed by atoms with Crippen molar-refractivity contribution in [2.75, 3.05) is 10.8 Å². The molecule has 0 fully saturated rings. The molecule has 0 bridgehead atoms. The van der Waals surface area contributed by atoms with E-state index in [1.807, 2.05) is 82.3 Å². The number of sulfonamides is 1. The quantitative estimate of drug-likeness (QED) is 0.259. The van der Waals surface area contributed by atoms with E-state index in [2.05, 4.69) is 0 Å². The molecule has 0 aliphatic carbocycles. The van der Waals surface area contributed by atoms with Gasteiger partial charge >= 0.3 is 0 Å². The zero-order valence-electron chi connectivity index (χ0n) is 23.3. The Morgan fingerprint density at radius 3 is 1.98 bits per heavy atom. The van der Waals surface area contributed by atoms with Crippen LogP contribution in [0.1, 0.15) is 46.5 Å². The molecule has 0 saturated heterocycles. The number of hydrogen-bond acceptors (Lipinski definition) is 3. The average molecular weight is 551 g/mol. The lowest BCUT2D eigenvalue weighted by molar-refractivity contribution is 0.0748. The molecule has 1 atom stereocenters. The molecule has 0 aromatic heterocycles. The first-order valence-electron chi connectivity index (χ1n) is 13.4. The van der Waals surface area contributed by atoms with Gasteiger partial charge in [0.25, 0.3) is 15.9 Å². The maximum Gasteiger partial charge on any atom is 0.264 e. The standard InChI is InChI=1S/C34H34N2O3S/c1-24(2)33(28-18-14-25(3)15-19-28)32-23-35(22-27-10-6-5-7-11-27)34(37)30-12-8-9-13-31(30)36(32)40(38,39)29-20-16-26(4)17-21-29/h5-21,32H,22-23H2,1-4H3. The summed E-state index contributed by atoms with van der Waals surface area (Å²) in [5.41, 5.74) is 6.65. The number of rotatable bonds is 6. The van der Waals surface area contributed by atoms with Crippen LogP contribution < -0.4 is 4.31 Å². The number of allylic oxidation sites excluding steroid dienone is 1. The Hall–Kier alpha value is -4.16. The maximum absolute atomic E-state index is 14.6. The highest BCUT2D eigenvalue weighted by Gasteiger charge is 2.41. The highest BCUT2D eigenvalue weighted by Crippen LogP contribution is 2.39. The van der Waals surface area contributed by atoms with E-state index in [0.717, 1.165) is 33.4 Å². The Bertz CT molecular complexity index is 1650. The van der Waals surface area contributed by atoms with Crippen LogP contribution in [-0.4, -0.2) is 31.8 Å². The number of aryl methyl sites for hydroxylation is 2. The summed E-state index contributed by atoms with van der Waals surface area (Å²) in [6.45, 7) is 8.54. The van der Waals surface area contributed by atoms with E-state index in [-0.39, 0.29) is 17.3 Å². The Morgan fingerprint density at radius 2 is 1.35 bits per heavy atom. The van der Waals surface area contributed by atoms with E-state index in [1.165, 1.54) is 4.31 Å². The minimum Gasteiger partial charge on any atom is -0.332 e. The van der Waals surface area contributed by atoms with E-state index in [4.69, 9.17) is 0 Å². The minimum atomic E-state index is -4.06. The third-order valence-electron chi connectivity index (χ3n) is 7.36. The second-order valence-electron chi connectivity index (χ2n) is 10.6. The van der Waals surface area contributed by atoms with E-state index in [9.17, 15) is 13.2 Å². The lowest BCUT2D eigenvalue weighted by atomic mass is 9.93. The number of carbonyl (C=O) groups excluding carboxylic acids is 1. The first-order valence-corrected chi connectivity index (χ1v) is 14.9. The van der Waals surface area contributed by atoms with E-state index >= 15 is 0 Å². The van der Waals surface area contributed by atoms with Crippen LogP contribution >= 0.6 is 0 Å². The fourth-order valence-corrected chi connectivity index (χ4v) is 7.00. The van der Waals surface area contributed by atoms with Crippen LogP contribution in [0.25, 0.3) is 5.57 Å². The fourth-order valence-electron chi connectivity index (χ4n) is 5.37. The molecular formula is C34H34N2O3S. The number of amides is 1. The molecule has 40 heavy (non-hydrogen) atoms. The van der Waals surface area contributed by atoms with Crippen molar-refractivity contribution in [3.63, 3.8) is 0 Å². The summed E-state index contributed by atoms with van der Waals surface area (Å²) in [4.78, 5) is 16.1. The summed E-state index contributed by atoms with van der Waals surface area (Å²) in [5, 5.41) is 0. The topological polar surface area (TPSA) is 57.7 Å². The van der Waals surface area contributed by atoms with Crippen LogP contribution in [0.15, 0.2) is 114 Å². The Balaban J connectivity index is 1.77. The summed E-state index contributed by atoms with van der Waals surface area (Å²) in [6.07, 6.45) is 0. The lowest BCUT2D eigenvalue weighted by Gasteiger charge is -2.36. The van der Waals surface area contributed by atoms with Crippen molar-refractivity contribution in [3.05, 3.63) is 137 Å². The van der Waals surface area contributed by atoms with Gasteiger partial charge in [-0.05, 0) is 68.7 Å². The normalized spacial score (nSPS) is 15.4. The summed E-state index contributed by atoms with van der Waals surface area (Å²) < 4.78 is 30.6. The van der Waals surface area contributed by atoms with Crippen molar-refractivity contribution in [1.82, 2.24) is 4.90 Å². The molecule has 1 heterocycles. The van der Waals surface area contributed by atoms with Gasteiger partial charge in [0, 0.05) is 13.1 Å². The van der Waals surface area contributed by atoms with Gasteiger partial charge in [0.2, 0.25) is 0 Å². The predicted octanol–water partition coefficient (Wildman–Crippen LogP) is 7.02. The highest BCUT2D eigenvalue weighted by molar-refractivity contribution is 7.93. The summed E-state index contributed by atoms with van der Waals surface area (Å²) >= 11 is 0. The Kier molecular flexibility index (Phi) is 7.63. The van der Waals surface area contributed by atoms with Crippen molar-refractivity contribution < 1.29 is 13.2 Å². The van der Waals surface area contributed by atoms with Crippen LogP contribution in [0.5, 0.6) is 0 Å². The number of fused-ring (bicyclic) bond motifs is 1. The molecular weight excluding hydrogens is 516 g/mol. The molecule has 1 amide bonds. The van der Waals surface area contributed by atoms with Crippen LogP contribution in [0.4, 0.5) is 5.69 Å². The monoisotopic (exact) mass is 550 g/mol. The van der Waals surface area contributed by atoms with Gasteiger partial charge in [-0.1, -0.05) is 95.6 Å². The molecule has 0 N–H and O–H groups in total. The average Bonchev–Trinajstić information content (AvgIpc) is 3.05. The van der Waals surface area contributed by atoms with Gasteiger partial charge in [-0.3, -0.25) is 9.10 Å². The van der Waals surface area contributed by atoms with Gasteiger partial charge < -0.3 is 4.90 Å². The third-order valence-corrected chi connectivity index (χ3v) is 9.20. The van der Waals surface area contributed by atoms with Crippen molar-refractivity contribution in [2.24, 2.45) is 0 Å². The molecule has 204 valence electrons. The number of para-hydroxylation sites is 1. The first-order chi connectivity index (χ1) is 19.2. The van der Waals surface area contributed by atoms with Crippen LogP contribution in [0.2, 0.25) is 0 Å². The van der Waals surface area contributed by atoms with Crippen molar-refractivity contribution in [3.8, 4) is 0 Å². The predicted molar refractivity (Wildman–Crippen MR) is 162 cm³/mol. The highest BCUT2D eigenvalue weighted by atomic mass is 32.2. The van der Waals surface area contributed by atoms with Gasteiger partial charge in [0.05, 0.1) is 22.2 Å². The summed E-state index contributed by atoms with van der Waals surface area (Å²) in [6, 6.07) is 31.3. The first kappa shape index (κ1) is 27.4. The molecule has 5 nitrogen and oxygen atoms in total. The smallest absolute Gasteiger partial charge is 0.264 e. The van der Waals surface area contributed by atoms with Crippen molar-refractivity contribution in [2.45, 2.75) is 45.2 Å². The molecule has 5 rings (SSSR count). The molecule has 0 spiro atoms. The number of benzene rings is 4. The van der Waals surface area contributed by atoms with Gasteiger partial charge in [-0.2, -0.15) is 0 Å². The van der Waals surface area contributed by atoms with Crippen molar-refractivity contribution in [1.29, 1.82) is 0 Å². The van der Waals surface area contributed by atoms with E-state index in [1.54, 1.807) is 53.4 Å². The molecule has 1 unspecified atom stereocenters. The molecule has 1 aliphatic rings. The molecule has 0 saturated carbocycles. The molecule has 4 aromatic rings. The zero-order valence-corrected chi connectivity index (χ0v) is 24.2. The van der Waals surface area contributed by atoms with Gasteiger partial charge in [0.1, 0.15) is 0 Å². The second kappa shape index (κ2) is 11.1. The van der Waals surface area contributed by atoms with E-state index in [0.29, 0.717) is 17.8 Å². The molecule has 1 aliphatic heterocycles. The third kappa shape index (κ3) is 5.32. The molecule has 6 heteroatoms. The Morgan fingerprint density at radius 1 is 0.775 bits per heavy atom. The summed E-state index contributed by atoms with van der Waals surface area (Å²) in [5.74, 6) is -0.192. The van der Waals surface area contributed by atoms with Crippen LogP contribution in [0, 0.1) is 13.8 Å². The van der Waals surface area contributed by atoms with Crippen LogP contribution in [-0.2, 0) is 16.6 Å². The van der Waals surface area contributed by atoms with Gasteiger partial charge in [0.15, 0.2) is 0 Å². The number of nitrogens with zero attached hydrogens (tertiary/aromatic N) is 2. The van der Waals surface area contributed by atoms with Gasteiger partial charge in [-0.15, -0.1) is 0 Å². The fraction of sp³-hybridized carbons (Fsp3) is 0.206. The SMILES string of the molecule is CC(C)=C(c1ccc(C)cc1)C1CN(Cc2ccccc2)C(=O)c2ccccc2N1S(=O)(=O)c1ccc(C)cc1. The van der Waals surface area contributed by atoms with Crippen molar-refractivity contribution >= 4 is 27.2 Å². The number of hydrogen-bond donors (Lipinski definition) is 0. The second-order valence-corrected chi connectivity index (χ2v) is 12.4. The molecule has 4 aromatic carbocycles. The number of carbonyl (C=O) groups is 1. The molecule has 0 radical (unpaired) electrons. The van der Waals surface area contributed by atoms with Crippen LogP contribution in [0.3, 0.4) is 0 Å². The van der Waals surface area contributed by atoms with E-state index < -0.39 is 16.1 Å². The van der Waals surface area contributed by atoms with Gasteiger partial charge in [-0.25, -0.2) is 8.42 Å². The lowest BCUT2D eigenvalue weighted by Crippen LogP contribution is -2.46. The Labute approximate surface area is 237 Å².